The first-order chi connectivity index (χ1) is 11.9. The van der Waals surface area contributed by atoms with Crippen molar-refractivity contribution < 1.29 is 9.53 Å². The smallest absolute Gasteiger partial charge is 0.277 e. The molecule has 0 saturated heterocycles. The third-order valence-electron chi connectivity index (χ3n) is 3.61. The molecular weight excluding hydrogens is 359 g/mol. The predicted molar refractivity (Wildman–Crippen MR) is 103 cm³/mol. The van der Waals surface area contributed by atoms with Crippen molar-refractivity contribution >= 4 is 35.3 Å². The van der Waals surface area contributed by atoms with Crippen molar-refractivity contribution in [3.63, 3.8) is 0 Å². The van der Waals surface area contributed by atoms with E-state index < -0.39 is 0 Å². The fourth-order valence-electron chi connectivity index (χ4n) is 2.10. The third-order valence-corrected chi connectivity index (χ3v) is 4.45. The molecule has 1 N–H and O–H groups in total. The van der Waals surface area contributed by atoms with E-state index >= 15 is 0 Å². The number of carbonyl (C=O) groups excluding carboxylic acids is 1. The number of rotatable bonds is 6. The van der Waals surface area contributed by atoms with Crippen LogP contribution in [-0.4, -0.2) is 18.7 Å². The van der Waals surface area contributed by atoms with Crippen LogP contribution in [0, 0.1) is 6.92 Å². The lowest BCUT2D eigenvalue weighted by atomic mass is 10.0. The summed E-state index contributed by atoms with van der Waals surface area (Å²) < 4.78 is 5.60. The van der Waals surface area contributed by atoms with Gasteiger partial charge in [0.15, 0.2) is 6.61 Å². The SMILES string of the molecule is Cc1ccc(C(C)C)cc1OCC(=O)NN=Cc1cccc(Cl)c1Cl. The summed E-state index contributed by atoms with van der Waals surface area (Å²) >= 11 is 12.0. The van der Waals surface area contributed by atoms with E-state index in [4.69, 9.17) is 27.9 Å². The monoisotopic (exact) mass is 378 g/mol. The Hall–Kier alpha value is -2.04. The molecule has 0 aliphatic rings. The van der Waals surface area contributed by atoms with E-state index in [0.29, 0.717) is 27.3 Å². The van der Waals surface area contributed by atoms with Gasteiger partial charge in [-0.3, -0.25) is 4.79 Å². The lowest BCUT2D eigenvalue weighted by molar-refractivity contribution is -0.123. The normalized spacial score (nSPS) is 11.1. The fourth-order valence-corrected chi connectivity index (χ4v) is 2.46. The summed E-state index contributed by atoms with van der Waals surface area (Å²) in [6, 6.07) is 11.2. The second kappa shape index (κ2) is 8.88. The van der Waals surface area contributed by atoms with Crippen LogP contribution in [0.5, 0.6) is 5.75 Å². The number of hydrogen-bond donors (Lipinski definition) is 1. The molecule has 2 rings (SSSR count). The Morgan fingerprint density at radius 2 is 2.04 bits per heavy atom. The molecular formula is C19H20Cl2N2O2. The summed E-state index contributed by atoms with van der Waals surface area (Å²) in [5.41, 5.74) is 5.17. The largest absolute Gasteiger partial charge is 0.483 e. The van der Waals surface area contributed by atoms with Crippen molar-refractivity contribution in [2.45, 2.75) is 26.7 Å². The molecule has 0 aliphatic carbocycles. The minimum absolute atomic E-state index is 0.122. The summed E-state index contributed by atoms with van der Waals surface area (Å²) in [5, 5.41) is 4.70. The van der Waals surface area contributed by atoms with E-state index in [1.165, 1.54) is 6.21 Å². The molecule has 2 aromatic carbocycles. The Bertz CT molecular complexity index is 789. The molecule has 25 heavy (non-hydrogen) atoms. The molecule has 0 aromatic heterocycles. The van der Waals surface area contributed by atoms with Crippen LogP contribution in [0.2, 0.25) is 10.0 Å². The number of amides is 1. The molecule has 4 nitrogen and oxygen atoms in total. The number of hydrazone groups is 1. The molecule has 0 heterocycles. The summed E-state index contributed by atoms with van der Waals surface area (Å²) in [6.45, 7) is 6.04. The van der Waals surface area contributed by atoms with Gasteiger partial charge in [0.2, 0.25) is 0 Å². The number of ether oxygens (including phenoxy) is 1. The Balaban J connectivity index is 1.92. The molecule has 6 heteroatoms. The molecule has 0 atom stereocenters. The Morgan fingerprint density at radius 1 is 1.28 bits per heavy atom. The maximum atomic E-state index is 11.9. The number of hydrogen-bond acceptors (Lipinski definition) is 3. The second-order valence-corrected chi connectivity index (χ2v) is 6.69. The van der Waals surface area contributed by atoms with Gasteiger partial charge in [0.1, 0.15) is 5.75 Å². The summed E-state index contributed by atoms with van der Waals surface area (Å²) in [7, 11) is 0. The zero-order chi connectivity index (χ0) is 18.4. The average molecular weight is 379 g/mol. The van der Waals surface area contributed by atoms with Gasteiger partial charge in [-0.1, -0.05) is 61.3 Å². The van der Waals surface area contributed by atoms with Gasteiger partial charge in [0, 0.05) is 5.56 Å². The van der Waals surface area contributed by atoms with Crippen LogP contribution in [0.15, 0.2) is 41.5 Å². The van der Waals surface area contributed by atoms with Gasteiger partial charge in [-0.15, -0.1) is 0 Å². The lowest BCUT2D eigenvalue weighted by Gasteiger charge is -2.12. The zero-order valence-electron chi connectivity index (χ0n) is 14.3. The van der Waals surface area contributed by atoms with Crippen molar-refractivity contribution in [3.05, 3.63) is 63.1 Å². The van der Waals surface area contributed by atoms with Crippen LogP contribution in [0.1, 0.15) is 36.5 Å². The van der Waals surface area contributed by atoms with Gasteiger partial charge >= 0.3 is 0 Å². The first kappa shape index (κ1) is 19.3. The summed E-state index contributed by atoms with van der Waals surface area (Å²) in [6.07, 6.45) is 1.44. The van der Waals surface area contributed by atoms with Crippen LogP contribution in [0.3, 0.4) is 0 Å². The van der Waals surface area contributed by atoms with E-state index in [1.54, 1.807) is 18.2 Å². The van der Waals surface area contributed by atoms with E-state index in [0.717, 1.165) is 11.1 Å². The van der Waals surface area contributed by atoms with Gasteiger partial charge in [-0.2, -0.15) is 5.10 Å². The minimum atomic E-state index is -0.358. The van der Waals surface area contributed by atoms with E-state index in [1.807, 2.05) is 19.1 Å². The highest BCUT2D eigenvalue weighted by atomic mass is 35.5. The number of aryl methyl sites for hydroxylation is 1. The molecule has 2 aromatic rings. The maximum Gasteiger partial charge on any atom is 0.277 e. The van der Waals surface area contributed by atoms with Crippen LogP contribution >= 0.6 is 23.2 Å². The average Bonchev–Trinajstić information content (AvgIpc) is 2.57. The molecule has 0 aliphatic heterocycles. The number of nitrogens with zero attached hydrogens (tertiary/aromatic N) is 1. The first-order valence-electron chi connectivity index (χ1n) is 7.87. The van der Waals surface area contributed by atoms with E-state index in [-0.39, 0.29) is 12.5 Å². The van der Waals surface area contributed by atoms with Crippen molar-refractivity contribution in [3.8, 4) is 5.75 Å². The van der Waals surface area contributed by atoms with Crippen LogP contribution in [0.4, 0.5) is 0 Å². The van der Waals surface area contributed by atoms with Crippen LogP contribution < -0.4 is 10.2 Å². The zero-order valence-corrected chi connectivity index (χ0v) is 15.9. The van der Waals surface area contributed by atoms with Crippen molar-refractivity contribution in [1.29, 1.82) is 0 Å². The van der Waals surface area contributed by atoms with E-state index in [2.05, 4.69) is 30.4 Å². The standard InChI is InChI=1S/C19H20Cl2N2O2/c1-12(2)14-8-7-13(3)17(9-14)25-11-18(24)23-22-10-15-5-4-6-16(20)19(15)21/h4-10,12H,11H2,1-3H3,(H,23,24). The van der Waals surface area contributed by atoms with Crippen molar-refractivity contribution in [1.82, 2.24) is 5.43 Å². The Kier molecular flexibility index (Phi) is 6.85. The molecule has 0 unspecified atom stereocenters. The van der Waals surface area contributed by atoms with Gasteiger partial charge in [-0.25, -0.2) is 5.43 Å². The molecule has 0 radical (unpaired) electrons. The van der Waals surface area contributed by atoms with Crippen LogP contribution in [0.25, 0.3) is 0 Å². The van der Waals surface area contributed by atoms with Gasteiger partial charge in [-0.05, 0) is 36.1 Å². The molecule has 0 spiro atoms. The van der Waals surface area contributed by atoms with E-state index in [9.17, 15) is 4.79 Å². The summed E-state index contributed by atoms with van der Waals surface area (Å²) in [5.74, 6) is 0.732. The third kappa shape index (κ3) is 5.48. The first-order valence-corrected chi connectivity index (χ1v) is 8.63. The van der Waals surface area contributed by atoms with Gasteiger partial charge < -0.3 is 4.74 Å². The highest BCUT2D eigenvalue weighted by Gasteiger charge is 2.07. The predicted octanol–water partition coefficient (Wildman–Crippen LogP) is 4.95. The number of benzene rings is 2. The molecule has 132 valence electrons. The highest BCUT2D eigenvalue weighted by Crippen LogP contribution is 2.25. The molecule has 0 bridgehead atoms. The number of halogens is 2. The molecule has 0 saturated carbocycles. The highest BCUT2D eigenvalue weighted by molar-refractivity contribution is 6.43. The summed E-state index contributed by atoms with van der Waals surface area (Å²) in [4.78, 5) is 11.9. The fraction of sp³-hybridized carbons (Fsp3) is 0.263. The number of nitrogens with one attached hydrogen (secondary N) is 1. The number of carbonyl (C=O) groups is 1. The Morgan fingerprint density at radius 3 is 2.76 bits per heavy atom. The van der Waals surface area contributed by atoms with Crippen LogP contribution in [-0.2, 0) is 4.79 Å². The molecule has 0 fully saturated rings. The maximum absolute atomic E-state index is 11.9. The molecule has 1 amide bonds. The van der Waals surface area contributed by atoms with Gasteiger partial charge in [0.25, 0.3) is 5.91 Å². The minimum Gasteiger partial charge on any atom is -0.483 e. The second-order valence-electron chi connectivity index (χ2n) is 5.90. The Labute approximate surface area is 157 Å². The topological polar surface area (TPSA) is 50.7 Å². The van der Waals surface area contributed by atoms with Crippen molar-refractivity contribution in [2.75, 3.05) is 6.61 Å². The van der Waals surface area contributed by atoms with Gasteiger partial charge in [0.05, 0.1) is 16.3 Å². The quantitative estimate of drug-likeness (QED) is 0.570. The van der Waals surface area contributed by atoms with Crippen molar-refractivity contribution in [2.24, 2.45) is 5.10 Å². The lowest BCUT2D eigenvalue weighted by Crippen LogP contribution is -2.24.